The highest BCUT2D eigenvalue weighted by Crippen LogP contribution is 2.59. The van der Waals surface area contributed by atoms with Crippen LogP contribution in [0.25, 0.3) is 0 Å². The molecule has 3 heteroatoms. The van der Waals surface area contributed by atoms with Crippen molar-refractivity contribution in [3.05, 3.63) is 0 Å². The first-order valence-electron chi connectivity index (χ1n) is 6.07. The lowest BCUT2D eigenvalue weighted by molar-refractivity contribution is -0.144. The van der Waals surface area contributed by atoms with Crippen molar-refractivity contribution in [2.45, 2.75) is 38.2 Å². The van der Waals surface area contributed by atoms with E-state index in [9.17, 15) is 4.79 Å². The van der Waals surface area contributed by atoms with E-state index < -0.39 is 5.97 Å². The monoisotopic (exact) mass is 210 g/mol. The first kappa shape index (κ1) is 9.64. The molecule has 0 aromatic heterocycles. The largest absolute Gasteiger partial charge is 0.480 e. The van der Waals surface area contributed by atoms with Crippen molar-refractivity contribution in [3.8, 4) is 0 Å². The van der Waals surface area contributed by atoms with Gasteiger partial charge in [-0.1, -0.05) is 0 Å². The molecule has 3 aliphatic rings. The van der Waals surface area contributed by atoms with Gasteiger partial charge in [-0.2, -0.15) is 0 Å². The summed E-state index contributed by atoms with van der Waals surface area (Å²) in [5, 5.41) is 8.57. The third kappa shape index (κ3) is 1.57. The van der Waals surface area contributed by atoms with Crippen LogP contribution in [0, 0.1) is 23.7 Å². The smallest absolute Gasteiger partial charge is 0.329 e. The number of fused-ring (bicyclic) bond motifs is 5. The molecule has 3 nitrogen and oxygen atoms in total. The molecule has 0 radical (unpaired) electrons. The molecule has 0 spiro atoms. The normalized spacial score (nSPS) is 47.1. The Bertz CT molecular complexity index is 258. The Balaban J connectivity index is 1.57. The molecular formula is C12H18O3. The predicted molar refractivity (Wildman–Crippen MR) is 54.4 cm³/mol. The number of hydrogen-bond acceptors (Lipinski definition) is 2. The first-order valence-corrected chi connectivity index (χ1v) is 6.07. The maximum Gasteiger partial charge on any atom is 0.329 e. The number of aliphatic carboxylic acids is 1. The van der Waals surface area contributed by atoms with Crippen LogP contribution in [-0.2, 0) is 9.53 Å². The fourth-order valence-corrected chi connectivity index (χ4v) is 4.29. The van der Waals surface area contributed by atoms with Gasteiger partial charge in [0.15, 0.2) is 0 Å². The molecule has 0 heterocycles. The van der Waals surface area contributed by atoms with Crippen molar-refractivity contribution >= 4 is 5.97 Å². The van der Waals surface area contributed by atoms with E-state index in [1.807, 2.05) is 0 Å². The molecule has 1 N–H and O–H groups in total. The van der Waals surface area contributed by atoms with E-state index in [4.69, 9.17) is 9.84 Å². The summed E-state index contributed by atoms with van der Waals surface area (Å²) < 4.78 is 5.43. The second kappa shape index (κ2) is 3.48. The van der Waals surface area contributed by atoms with E-state index in [0.29, 0.717) is 0 Å². The minimum atomic E-state index is -0.838. The maximum atomic E-state index is 10.4. The molecule has 15 heavy (non-hydrogen) atoms. The van der Waals surface area contributed by atoms with E-state index in [0.717, 1.165) is 36.5 Å². The third-order valence-corrected chi connectivity index (χ3v) is 4.79. The molecule has 4 unspecified atom stereocenters. The summed E-state index contributed by atoms with van der Waals surface area (Å²) in [6.45, 7) is -0.112. The van der Waals surface area contributed by atoms with Gasteiger partial charge in [0.1, 0.15) is 6.61 Å². The number of rotatable bonds is 3. The van der Waals surface area contributed by atoms with E-state index in [1.165, 1.54) is 19.3 Å². The minimum Gasteiger partial charge on any atom is -0.480 e. The van der Waals surface area contributed by atoms with Gasteiger partial charge >= 0.3 is 5.97 Å². The zero-order chi connectivity index (χ0) is 10.4. The molecule has 0 aliphatic heterocycles. The molecule has 3 rings (SSSR count). The van der Waals surface area contributed by atoms with Crippen LogP contribution in [0.15, 0.2) is 0 Å². The zero-order valence-electron chi connectivity index (χ0n) is 8.89. The van der Waals surface area contributed by atoms with Crippen LogP contribution >= 0.6 is 0 Å². The average Bonchev–Trinajstić information content (AvgIpc) is 2.86. The summed E-state index contributed by atoms with van der Waals surface area (Å²) in [6, 6.07) is 0. The van der Waals surface area contributed by atoms with Crippen molar-refractivity contribution in [1.82, 2.24) is 0 Å². The van der Waals surface area contributed by atoms with Crippen LogP contribution in [-0.4, -0.2) is 23.8 Å². The zero-order valence-corrected chi connectivity index (χ0v) is 8.89. The lowest BCUT2D eigenvalue weighted by Gasteiger charge is -2.23. The fourth-order valence-electron chi connectivity index (χ4n) is 4.29. The van der Waals surface area contributed by atoms with Gasteiger partial charge in [-0.15, -0.1) is 0 Å². The summed E-state index contributed by atoms with van der Waals surface area (Å²) in [7, 11) is 0. The van der Waals surface area contributed by atoms with E-state index >= 15 is 0 Å². The molecule has 0 aromatic carbocycles. The molecule has 3 fully saturated rings. The number of carboxylic acid groups (broad SMARTS) is 1. The Kier molecular flexibility index (Phi) is 2.23. The highest BCUT2D eigenvalue weighted by atomic mass is 16.5. The summed E-state index contributed by atoms with van der Waals surface area (Å²) in [6.07, 6.45) is 6.76. The highest BCUT2D eigenvalue weighted by molar-refractivity contribution is 5.68. The minimum absolute atomic E-state index is 0.112. The molecule has 84 valence electrons. The average molecular weight is 210 g/mol. The van der Waals surface area contributed by atoms with Crippen LogP contribution in [0.2, 0.25) is 0 Å². The second-order valence-corrected chi connectivity index (χ2v) is 5.46. The summed E-state index contributed by atoms with van der Waals surface area (Å²) in [5.41, 5.74) is 0. The van der Waals surface area contributed by atoms with Gasteiger partial charge < -0.3 is 9.84 Å². The van der Waals surface area contributed by atoms with Gasteiger partial charge in [-0.3, -0.25) is 0 Å². The Labute approximate surface area is 89.8 Å². The predicted octanol–water partition coefficient (Wildman–Crippen LogP) is 1.91. The standard InChI is InChI=1S/C12H18O3/c13-12(14)6-15-9-4-10-7-1-2-8(3-7)11(10)5-9/h7-11H,1-6H2,(H,13,14). The number of ether oxygens (including phenoxy) is 1. The Hall–Kier alpha value is -0.570. The van der Waals surface area contributed by atoms with Crippen molar-refractivity contribution in [3.63, 3.8) is 0 Å². The lowest BCUT2D eigenvalue weighted by atomic mass is 9.82. The third-order valence-electron chi connectivity index (χ3n) is 4.79. The van der Waals surface area contributed by atoms with Crippen molar-refractivity contribution in [2.75, 3.05) is 6.61 Å². The molecule has 0 saturated heterocycles. The summed E-state index contributed by atoms with van der Waals surface area (Å²) >= 11 is 0. The Morgan fingerprint density at radius 2 is 1.73 bits per heavy atom. The molecule has 3 aliphatic carbocycles. The fraction of sp³-hybridized carbons (Fsp3) is 0.917. The van der Waals surface area contributed by atoms with Crippen molar-refractivity contribution in [1.29, 1.82) is 0 Å². The number of hydrogen-bond donors (Lipinski definition) is 1. The maximum absolute atomic E-state index is 10.4. The molecule has 0 amide bonds. The van der Waals surface area contributed by atoms with E-state index in [1.54, 1.807) is 0 Å². The van der Waals surface area contributed by atoms with Crippen molar-refractivity contribution < 1.29 is 14.6 Å². The molecule has 0 aromatic rings. The van der Waals surface area contributed by atoms with E-state index in [2.05, 4.69) is 0 Å². The van der Waals surface area contributed by atoms with Crippen LogP contribution in [0.5, 0.6) is 0 Å². The Morgan fingerprint density at radius 1 is 1.13 bits per heavy atom. The SMILES string of the molecule is O=C(O)COC1CC2C3CCC(C3)C2C1. The van der Waals surface area contributed by atoms with Crippen LogP contribution in [0.1, 0.15) is 32.1 Å². The highest BCUT2D eigenvalue weighted by Gasteiger charge is 2.52. The van der Waals surface area contributed by atoms with Gasteiger partial charge in [-0.25, -0.2) is 4.79 Å². The van der Waals surface area contributed by atoms with Crippen LogP contribution in [0.4, 0.5) is 0 Å². The molecule has 2 bridgehead atoms. The van der Waals surface area contributed by atoms with Crippen molar-refractivity contribution in [2.24, 2.45) is 23.7 Å². The molecule has 4 atom stereocenters. The quantitative estimate of drug-likeness (QED) is 0.774. The van der Waals surface area contributed by atoms with Gasteiger partial charge in [0, 0.05) is 0 Å². The first-order chi connectivity index (χ1) is 7.24. The lowest BCUT2D eigenvalue weighted by Crippen LogP contribution is -2.16. The number of carboxylic acids is 1. The Morgan fingerprint density at radius 3 is 2.27 bits per heavy atom. The second-order valence-electron chi connectivity index (χ2n) is 5.46. The molecular weight excluding hydrogens is 192 g/mol. The van der Waals surface area contributed by atoms with Gasteiger partial charge in [0.2, 0.25) is 0 Å². The topological polar surface area (TPSA) is 46.5 Å². The van der Waals surface area contributed by atoms with E-state index in [-0.39, 0.29) is 12.7 Å². The van der Waals surface area contributed by atoms with Gasteiger partial charge in [0.25, 0.3) is 0 Å². The molecule has 3 saturated carbocycles. The van der Waals surface area contributed by atoms with Crippen LogP contribution < -0.4 is 0 Å². The summed E-state index contributed by atoms with van der Waals surface area (Å²) in [5.74, 6) is 2.77. The van der Waals surface area contributed by atoms with Gasteiger partial charge in [-0.05, 0) is 55.8 Å². The van der Waals surface area contributed by atoms with Gasteiger partial charge in [0.05, 0.1) is 6.10 Å². The van der Waals surface area contributed by atoms with Crippen LogP contribution in [0.3, 0.4) is 0 Å². The number of carbonyl (C=O) groups is 1. The summed E-state index contributed by atoms with van der Waals surface area (Å²) in [4.78, 5) is 10.4.